The lowest BCUT2D eigenvalue weighted by Gasteiger charge is -2.38. The van der Waals surface area contributed by atoms with Gasteiger partial charge in [0.05, 0.1) is 0 Å². The minimum absolute atomic E-state index is 1.85. The van der Waals surface area contributed by atoms with Crippen LogP contribution >= 0.6 is 10.2 Å². The van der Waals surface area contributed by atoms with Crippen molar-refractivity contribution in [3.63, 3.8) is 0 Å². The van der Waals surface area contributed by atoms with E-state index in [0.717, 1.165) is 0 Å². The van der Waals surface area contributed by atoms with Gasteiger partial charge in [0.2, 0.25) is 5.89 Å². The Morgan fingerprint density at radius 3 is 1.64 bits per heavy atom. The highest BCUT2D eigenvalue weighted by atomic mass is 32.5. The predicted molar refractivity (Wildman–Crippen MR) is 46.0 cm³/mol. The summed E-state index contributed by atoms with van der Waals surface area (Å²) >= 11 is 0. The molecular weight excluding hydrogens is 376 g/mol. The monoisotopic (exact) mass is 378 g/mol. The summed E-state index contributed by atoms with van der Waals surface area (Å²) < 4.78 is 149. The molecule has 0 unspecified atom stereocenters. The molecule has 0 saturated heterocycles. The molecule has 132 valence electrons. The first-order chi connectivity index (χ1) is 9.16. The number of hydrogen-bond acceptors (Lipinski definition) is 3. The van der Waals surface area contributed by atoms with Crippen LogP contribution in [0.1, 0.15) is 11.8 Å². The van der Waals surface area contributed by atoms with E-state index < -0.39 is 45.8 Å². The number of alkyl halides is 7. The van der Waals surface area contributed by atoms with Crippen molar-refractivity contribution >= 4 is 10.2 Å². The summed E-state index contributed by atoms with van der Waals surface area (Å²) in [6.45, 7) is 0. The fourth-order valence-electron chi connectivity index (χ4n) is 0.984. The Kier molecular flexibility index (Phi) is 3.35. The van der Waals surface area contributed by atoms with Crippen molar-refractivity contribution < 1.29 is 54.6 Å². The molecule has 16 heteroatoms. The van der Waals surface area contributed by atoms with Crippen molar-refractivity contribution in [1.82, 2.24) is 10.2 Å². The Bertz CT molecular complexity index is 570. The van der Waals surface area contributed by atoms with Gasteiger partial charge in [-0.3, -0.25) is 0 Å². The van der Waals surface area contributed by atoms with Crippen LogP contribution in [0.25, 0.3) is 0 Å². The van der Waals surface area contributed by atoms with Crippen molar-refractivity contribution in [3.05, 3.63) is 11.8 Å². The van der Waals surface area contributed by atoms with Crippen LogP contribution in [0, 0.1) is 0 Å². The van der Waals surface area contributed by atoms with E-state index >= 15 is 0 Å². The molecule has 3 nitrogen and oxygen atoms in total. The lowest BCUT2D eigenvalue weighted by molar-refractivity contribution is -0.364. The zero-order valence-corrected chi connectivity index (χ0v) is 10.3. The van der Waals surface area contributed by atoms with E-state index in [0.29, 0.717) is 0 Å². The smallest absolute Gasteiger partial charge is 0.418 e. The zero-order valence-electron chi connectivity index (χ0n) is 9.45. The highest BCUT2D eigenvalue weighted by Crippen LogP contribution is 2.99. The molecule has 0 aliphatic heterocycles. The van der Waals surface area contributed by atoms with Crippen LogP contribution in [0.2, 0.25) is 0 Å². The van der Waals surface area contributed by atoms with Gasteiger partial charge in [0.25, 0.3) is 16.1 Å². The predicted octanol–water partition coefficient (Wildman–Crippen LogP) is 5.16. The molecule has 0 spiro atoms. The first-order valence-corrected chi connectivity index (χ1v) is 6.66. The molecule has 0 aliphatic carbocycles. The molecule has 1 aromatic heterocycles. The van der Waals surface area contributed by atoms with Crippen molar-refractivity contribution in [3.8, 4) is 0 Å². The maximum absolute atomic E-state index is 12.9. The quantitative estimate of drug-likeness (QED) is 0.680. The van der Waals surface area contributed by atoms with Crippen molar-refractivity contribution in [2.75, 3.05) is 0 Å². The van der Waals surface area contributed by atoms with Crippen LogP contribution < -0.4 is 0 Å². The molecule has 0 atom stereocenters. The van der Waals surface area contributed by atoms with Crippen molar-refractivity contribution in [2.45, 2.75) is 23.8 Å². The molecule has 1 heterocycles. The summed E-state index contributed by atoms with van der Waals surface area (Å²) in [5, 5.41) is 3.84. The first-order valence-electron chi connectivity index (χ1n) is 4.54. The fraction of sp³-hybridized carbons (Fsp3) is 0.667. The minimum Gasteiger partial charge on any atom is -0.418 e. The maximum atomic E-state index is 12.9. The van der Waals surface area contributed by atoms with Gasteiger partial charge in [-0.2, -0.15) is 30.7 Å². The summed E-state index contributed by atoms with van der Waals surface area (Å²) in [7, 11) is -10.3. The number of aromatic nitrogens is 2. The molecular formula is C6H2F12N2OS. The number of rotatable bonds is 4. The largest absolute Gasteiger partial charge is 0.460 e. The van der Waals surface area contributed by atoms with Gasteiger partial charge in [0, 0.05) is 0 Å². The molecule has 0 aromatic carbocycles. The van der Waals surface area contributed by atoms with Crippen molar-refractivity contribution in [2.24, 2.45) is 0 Å². The molecule has 0 aliphatic rings. The normalized spacial score (nSPS) is 18.0. The third kappa shape index (κ3) is 3.89. The van der Waals surface area contributed by atoms with E-state index in [1.165, 1.54) is 0 Å². The Hall–Kier alpha value is -1.35. The van der Waals surface area contributed by atoms with Gasteiger partial charge < -0.3 is 4.42 Å². The van der Waals surface area contributed by atoms with Crippen LogP contribution in [0.5, 0.6) is 0 Å². The average Bonchev–Trinajstić information content (AvgIpc) is 2.58. The van der Waals surface area contributed by atoms with Crippen molar-refractivity contribution in [1.29, 1.82) is 0 Å². The van der Waals surface area contributed by atoms with Gasteiger partial charge in [-0.05, 0) is 0 Å². The van der Waals surface area contributed by atoms with E-state index in [4.69, 9.17) is 0 Å². The SMILES string of the molecule is FC(F)(F)C(F)(F)C(F)(F)c1nnc(CS(F)(F)(F)(F)F)o1. The molecule has 1 aromatic rings. The van der Waals surface area contributed by atoms with Gasteiger partial charge in [-0.1, -0.05) is 19.4 Å². The second kappa shape index (κ2) is 3.94. The Labute approximate surface area is 112 Å². The molecule has 0 N–H and O–H groups in total. The second-order valence-corrected chi connectivity index (χ2v) is 6.47. The fourth-order valence-corrected chi connectivity index (χ4v) is 1.57. The molecule has 0 saturated carbocycles. The third-order valence-corrected chi connectivity index (χ3v) is 2.67. The number of hydrogen-bond donors (Lipinski definition) is 0. The lowest BCUT2D eigenvalue weighted by atomic mass is 10.1. The van der Waals surface area contributed by atoms with E-state index in [1.54, 1.807) is 0 Å². The first kappa shape index (κ1) is 18.7. The van der Waals surface area contributed by atoms with E-state index in [-0.39, 0.29) is 0 Å². The maximum Gasteiger partial charge on any atom is 0.460 e. The van der Waals surface area contributed by atoms with E-state index in [2.05, 4.69) is 4.42 Å². The number of halogens is 12. The van der Waals surface area contributed by atoms with Gasteiger partial charge in [-0.15, -0.1) is 10.2 Å². The highest BCUT2D eigenvalue weighted by molar-refractivity contribution is 8.45. The molecule has 0 amide bonds. The van der Waals surface area contributed by atoms with E-state index in [1.807, 2.05) is 10.2 Å². The summed E-state index contributed by atoms with van der Waals surface area (Å²) in [5.41, 5.74) is 0. The Morgan fingerprint density at radius 2 is 1.27 bits per heavy atom. The van der Waals surface area contributed by atoms with Gasteiger partial charge in [0.15, 0.2) is 5.75 Å². The minimum atomic E-state index is -10.3. The van der Waals surface area contributed by atoms with Crippen LogP contribution in [0.15, 0.2) is 4.42 Å². The summed E-state index contributed by atoms with van der Waals surface area (Å²) in [6.07, 6.45) is -6.81. The third-order valence-electron chi connectivity index (χ3n) is 1.88. The van der Waals surface area contributed by atoms with Crippen LogP contribution in [0.4, 0.5) is 50.2 Å². The van der Waals surface area contributed by atoms with Gasteiger partial charge in [-0.25, -0.2) is 0 Å². The standard InChI is InChI=1S/C6H2F12N2OS/c7-4(8,5(9,10)6(11,12)13)3-20-19-2(21-3)1-22(14,15,16,17)18/h1H2. The topological polar surface area (TPSA) is 38.9 Å². The molecule has 1 rings (SSSR count). The van der Waals surface area contributed by atoms with Crippen LogP contribution in [-0.2, 0) is 11.7 Å². The summed E-state index contributed by atoms with van der Waals surface area (Å²) in [5.74, 6) is -21.5. The molecule has 0 fully saturated rings. The average molecular weight is 378 g/mol. The van der Waals surface area contributed by atoms with Gasteiger partial charge >= 0.3 is 18.0 Å². The number of nitrogens with zero attached hydrogens (tertiary/aromatic N) is 2. The molecule has 0 bridgehead atoms. The van der Waals surface area contributed by atoms with Crippen LogP contribution in [-0.4, -0.2) is 22.3 Å². The van der Waals surface area contributed by atoms with E-state index in [9.17, 15) is 50.2 Å². The molecule has 0 radical (unpaired) electrons. The zero-order chi connectivity index (χ0) is 17.9. The Balaban J connectivity index is 3.22. The highest BCUT2D eigenvalue weighted by Gasteiger charge is 2.76. The second-order valence-electron chi connectivity index (χ2n) is 3.92. The van der Waals surface area contributed by atoms with Crippen LogP contribution in [0.3, 0.4) is 0 Å². The Morgan fingerprint density at radius 1 is 0.818 bits per heavy atom. The summed E-state index contributed by atoms with van der Waals surface area (Å²) in [6, 6.07) is 0. The van der Waals surface area contributed by atoms with Gasteiger partial charge in [0.1, 0.15) is 0 Å². The lowest BCUT2D eigenvalue weighted by Crippen LogP contribution is -2.50. The summed E-state index contributed by atoms with van der Waals surface area (Å²) in [4.78, 5) is 0. The molecule has 22 heavy (non-hydrogen) atoms.